The van der Waals surface area contributed by atoms with Crippen LogP contribution >= 0.6 is 12.6 Å². The molecule has 0 heterocycles. The molecular weight excluding hydrogens is 146 g/mol. The highest BCUT2D eigenvalue weighted by Crippen LogP contribution is 1.85. The molecule has 0 aromatic heterocycles. The molecule has 3 heteroatoms. The highest BCUT2D eigenvalue weighted by molar-refractivity contribution is 7.80. The lowest BCUT2D eigenvalue weighted by Crippen LogP contribution is -2.24. The van der Waals surface area contributed by atoms with E-state index in [9.17, 15) is 4.79 Å². The van der Waals surface area contributed by atoms with Crippen LogP contribution in [0.4, 0.5) is 0 Å². The molecule has 0 spiro atoms. The SMILES string of the molecule is C=C(C)CNC(=O)CCS. The predicted molar refractivity (Wildman–Crippen MR) is 46.3 cm³/mol. The van der Waals surface area contributed by atoms with E-state index in [1.807, 2.05) is 6.92 Å². The number of rotatable bonds is 4. The van der Waals surface area contributed by atoms with Crippen molar-refractivity contribution in [1.29, 1.82) is 0 Å². The maximum absolute atomic E-state index is 10.7. The molecule has 2 nitrogen and oxygen atoms in total. The van der Waals surface area contributed by atoms with Crippen LogP contribution in [0.3, 0.4) is 0 Å². The molecule has 1 amide bonds. The van der Waals surface area contributed by atoms with E-state index in [0.29, 0.717) is 18.7 Å². The Labute approximate surface area is 67.1 Å². The maximum Gasteiger partial charge on any atom is 0.221 e. The van der Waals surface area contributed by atoms with Gasteiger partial charge in [0.2, 0.25) is 5.91 Å². The van der Waals surface area contributed by atoms with Gasteiger partial charge in [-0.1, -0.05) is 12.2 Å². The Morgan fingerprint density at radius 1 is 1.70 bits per heavy atom. The van der Waals surface area contributed by atoms with Crippen LogP contribution in [-0.2, 0) is 4.79 Å². The van der Waals surface area contributed by atoms with Gasteiger partial charge in [-0.2, -0.15) is 12.6 Å². The molecule has 0 unspecified atom stereocenters. The first-order valence-electron chi connectivity index (χ1n) is 3.18. The van der Waals surface area contributed by atoms with Crippen LogP contribution in [0, 0.1) is 0 Å². The molecule has 0 saturated carbocycles. The summed E-state index contributed by atoms with van der Waals surface area (Å²) in [5, 5.41) is 2.70. The minimum Gasteiger partial charge on any atom is -0.352 e. The molecule has 1 N–H and O–H groups in total. The molecule has 0 saturated heterocycles. The normalized spacial score (nSPS) is 9.00. The largest absolute Gasteiger partial charge is 0.352 e. The summed E-state index contributed by atoms with van der Waals surface area (Å²) in [4.78, 5) is 10.7. The monoisotopic (exact) mass is 159 g/mol. The lowest BCUT2D eigenvalue weighted by molar-refractivity contribution is -0.120. The van der Waals surface area contributed by atoms with Gasteiger partial charge in [0.1, 0.15) is 0 Å². The van der Waals surface area contributed by atoms with E-state index in [1.165, 1.54) is 0 Å². The summed E-state index contributed by atoms with van der Waals surface area (Å²) in [6.45, 7) is 6.11. The Hall–Kier alpha value is -0.440. The predicted octanol–water partition coefficient (Wildman–Crippen LogP) is 0.999. The lowest BCUT2D eigenvalue weighted by Gasteiger charge is -2.01. The fourth-order valence-corrected chi connectivity index (χ4v) is 0.642. The zero-order valence-electron chi connectivity index (χ0n) is 6.18. The number of hydrogen-bond acceptors (Lipinski definition) is 2. The van der Waals surface area contributed by atoms with E-state index >= 15 is 0 Å². The Kier molecular flexibility index (Phi) is 5.12. The third kappa shape index (κ3) is 5.69. The van der Waals surface area contributed by atoms with Crippen molar-refractivity contribution in [3.63, 3.8) is 0 Å². The third-order valence-electron chi connectivity index (χ3n) is 0.926. The molecular formula is C7H13NOS. The summed E-state index contributed by atoms with van der Waals surface area (Å²) in [5.74, 6) is 0.639. The van der Waals surface area contributed by atoms with Crippen molar-refractivity contribution in [2.45, 2.75) is 13.3 Å². The summed E-state index contributed by atoms with van der Waals surface area (Å²) in [7, 11) is 0. The van der Waals surface area contributed by atoms with Gasteiger partial charge >= 0.3 is 0 Å². The lowest BCUT2D eigenvalue weighted by atomic mass is 10.3. The van der Waals surface area contributed by atoms with Crippen molar-refractivity contribution >= 4 is 18.5 Å². The Morgan fingerprint density at radius 3 is 2.70 bits per heavy atom. The van der Waals surface area contributed by atoms with Crippen molar-refractivity contribution in [1.82, 2.24) is 5.32 Å². The molecule has 0 aliphatic rings. The number of hydrogen-bond donors (Lipinski definition) is 2. The van der Waals surface area contributed by atoms with Crippen molar-refractivity contribution in [3.8, 4) is 0 Å². The molecule has 10 heavy (non-hydrogen) atoms. The molecule has 0 aliphatic heterocycles. The van der Waals surface area contributed by atoms with Gasteiger partial charge in [0, 0.05) is 13.0 Å². The van der Waals surface area contributed by atoms with E-state index < -0.39 is 0 Å². The third-order valence-corrected chi connectivity index (χ3v) is 1.15. The Bertz CT molecular complexity index is 134. The standard InChI is InChI=1S/C7H13NOS/c1-6(2)5-8-7(9)3-4-10/h10H,1,3-5H2,2H3,(H,8,9). The average Bonchev–Trinajstić information content (AvgIpc) is 1.85. The van der Waals surface area contributed by atoms with Crippen molar-refractivity contribution in [2.24, 2.45) is 0 Å². The molecule has 58 valence electrons. The second-order valence-corrected chi connectivity index (χ2v) is 2.65. The van der Waals surface area contributed by atoms with Gasteiger partial charge in [0.05, 0.1) is 0 Å². The Balaban J connectivity index is 3.30. The number of carbonyl (C=O) groups is 1. The van der Waals surface area contributed by atoms with E-state index in [4.69, 9.17) is 0 Å². The zero-order chi connectivity index (χ0) is 7.98. The molecule has 0 radical (unpaired) electrons. The maximum atomic E-state index is 10.7. The smallest absolute Gasteiger partial charge is 0.221 e. The highest BCUT2D eigenvalue weighted by Gasteiger charge is 1.96. The van der Waals surface area contributed by atoms with Crippen LogP contribution < -0.4 is 5.32 Å². The van der Waals surface area contributed by atoms with E-state index in [0.717, 1.165) is 5.57 Å². The van der Waals surface area contributed by atoms with Crippen LogP contribution in [0.25, 0.3) is 0 Å². The molecule has 0 aliphatic carbocycles. The number of carbonyl (C=O) groups excluding carboxylic acids is 1. The van der Waals surface area contributed by atoms with Gasteiger partial charge < -0.3 is 5.32 Å². The van der Waals surface area contributed by atoms with Gasteiger partial charge in [-0.25, -0.2) is 0 Å². The molecule has 0 aromatic carbocycles. The number of amides is 1. The second kappa shape index (κ2) is 5.35. The van der Waals surface area contributed by atoms with Gasteiger partial charge in [-0.3, -0.25) is 4.79 Å². The van der Waals surface area contributed by atoms with Gasteiger partial charge in [0.25, 0.3) is 0 Å². The first-order chi connectivity index (χ1) is 4.66. The molecule has 0 aromatic rings. The van der Waals surface area contributed by atoms with E-state index in [-0.39, 0.29) is 5.91 Å². The van der Waals surface area contributed by atoms with Crippen LogP contribution in [0.15, 0.2) is 12.2 Å². The molecule has 0 rings (SSSR count). The van der Waals surface area contributed by atoms with E-state index in [1.54, 1.807) is 0 Å². The summed E-state index contributed by atoms with van der Waals surface area (Å²) < 4.78 is 0. The fourth-order valence-electron chi connectivity index (χ4n) is 0.439. The molecule has 0 atom stereocenters. The quantitative estimate of drug-likeness (QED) is 0.465. The molecule has 0 bridgehead atoms. The minimum atomic E-state index is 0.0398. The highest BCUT2D eigenvalue weighted by atomic mass is 32.1. The van der Waals surface area contributed by atoms with Crippen molar-refractivity contribution in [2.75, 3.05) is 12.3 Å². The number of nitrogens with one attached hydrogen (secondary N) is 1. The van der Waals surface area contributed by atoms with Crippen LogP contribution in [0.5, 0.6) is 0 Å². The van der Waals surface area contributed by atoms with Crippen molar-refractivity contribution < 1.29 is 4.79 Å². The summed E-state index contributed by atoms with van der Waals surface area (Å²) in [6, 6.07) is 0. The van der Waals surface area contributed by atoms with Crippen molar-refractivity contribution in [3.05, 3.63) is 12.2 Å². The van der Waals surface area contributed by atoms with Gasteiger partial charge in [-0.15, -0.1) is 0 Å². The van der Waals surface area contributed by atoms with Gasteiger partial charge in [-0.05, 0) is 12.7 Å². The topological polar surface area (TPSA) is 29.1 Å². The minimum absolute atomic E-state index is 0.0398. The van der Waals surface area contributed by atoms with Crippen LogP contribution in [-0.4, -0.2) is 18.2 Å². The average molecular weight is 159 g/mol. The van der Waals surface area contributed by atoms with Crippen LogP contribution in [0.2, 0.25) is 0 Å². The Morgan fingerprint density at radius 2 is 2.30 bits per heavy atom. The summed E-state index contributed by atoms with van der Waals surface area (Å²) >= 11 is 3.92. The summed E-state index contributed by atoms with van der Waals surface area (Å²) in [6.07, 6.45) is 0.483. The van der Waals surface area contributed by atoms with E-state index in [2.05, 4.69) is 24.5 Å². The second-order valence-electron chi connectivity index (χ2n) is 2.21. The molecule has 0 fully saturated rings. The van der Waals surface area contributed by atoms with Gasteiger partial charge in [0.15, 0.2) is 0 Å². The first-order valence-corrected chi connectivity index (χ1v) is 3.82. The zero-order valence-corrected chi connectivity index (χ0v) is 7.08. The number of thiol groups is 1. The summed E-state index contributed by atoms with van der Waals surface area (Å²) in [5.41, 5.74) is 0.965. The van der Waals surface area contributed by atoms with Crippen LogP contribution in [0.1, 0.15) is 13.3 Å². The first kappa shape index (κ1) is 9.56. The fraction of sp³-hybridized carbons (Fsp3) is 0.571.